The van der Waals surface area contributed by atoms with Crippen molar-refractivity contribution in [2.24, 2.45) is 11.7 Å². The summed E-state index contributed by atoms with van der Waals surface area (Å²) in [6.07, 6.45) is 17.1. The quantitative estimate of drug-likeness (QED) is 0.347. The number of hydrogen-bond acceptors (Lipinski definition) is 2. The fraction of sp³-hybridized carbons (Fsp3) is 0.778. The second-order valence-corrected chi connectivity index (χ2v) is 6.01. The predicted molar refractivity (Wildman–Crippen MR) is 90.5 cm³/mol. The molecular formula is C18H33NO3. The van der Waals surface area contributed by atoms with Gasteiger partial charge in [-0.25, -0.2) is 0 Å². The molecule has 0 saturated carbocycles. The fourth-order valence-electron chi connectivity index (χ4n) is 2.46. The summed E-state index contributed by atoms with van der Waals surface area (Å²) in [7, 11) is 0. The average Bonchev–Trinajstić information content (AvgIpc) is 2.46. The Bertz CT molecular complexity index is 326. The van der Waals surface area contributed by atoms with Crippen LogP contribution in [0.25, 0.3) is 0 Å². The topological polar surface area (TPSA) is 80.4 Å². The van der Waals surface area contributed by atoms with E-state index in [0.717, 1.165) is 12.8 Å². The Labute approximate surface area is 135 Å². The molecule has 0 aromatic carbocycles. The summed E-state index contributed by atoms with van der Waals surface area (Å²) >= 11 is 0. The molecule has 4 heteroatoms. The van der Waals surface area contributed by atoms with Crippen LogP contribution in [0.15, 0.2) is 12.2 Å². The molecule has 1 atom stereocenters. The first kappa shape index (κ1) is 20.7. The number of carboxylic acids is 1. The molecule has 0 spiro atoms. The third-order valence-electron chi connectivity index (χ3n) is 3.83. The normalized spacial score (nSPS) is 12.6. The third kappa shape index (κ3) is 13.7. The van der Waals surface area contributed by atoms with E-state index < -0.39 is 17.8 Å². The highest BCUT2D eigenvalue weighted by Crippen LogP contribution is 2.12. The van der Waals surface area contributed by atoms with E-state index in [1.807, 2.05) is 6.08 Å². The van der Waals surface area contributed by atoms with Crippen LogP contribution in [0.2, 0.25) is 0 Å². The molecule has 22 heavy (non-hydrogen) atoms. The molecule has 0 heterocycles. The molecule has 0 fully saturated rings. The number of amides is 1. The maximum Gasteiger partial charge on any atom is 0.310 e. The minimum atomic E-state index is -0.988. The van der Waals surface area contributed by atoms with Gasteiger partial charge in [-0.15, -0.1) is 0 Å². The maximum absolute atomic E-state index is 10.9. The van der Waals surface area contributed by atoms with E-state index in [4.69, 9.17) is 10.8 Å². The number of rotatable bonds is 15. The summed E-state index contributed by atoms with van der Waals surface area (Å²) in [5.41, 5.74) is 5.03. The SMILES string of the molecule is CCCCCCCCCCCC/C=C/C(CC(N)=O)C(=O)O. The van der Waals surface area contributed by atoms with Crippen molar-refractivity contribution in [1.82, 2.24) is 0 Å². The largest absolute Gasteiger partial charge is 0.481 e. The van der Waals surface area contributed by atoms with E-state index in [0.29, 0.717) is 0 Å². The van der Waals surface area contributed by atoms with Crippen LogP contribution in [0.1, 0.15) is 84.0 Å². The molecule has 0 aliphatic rings. The van der Waals surface area contributed by atoms with Crippen molar-refractivity contribution in [3.63, 3.8) is 0 Å². The Kier molecular flexibility index (Phi) is 13.7. The van der Waals surface area contributed by atoms with E-state index in [1.165, 1.54) is 57.8 Å². The molecule has 3 N–H and O–H groups in total. The van der Waals surface area contributed by atoms with Crippen molar-refractivity contribution in [3.05, 3.63) is 12.2 Å². The minimum absolute atomic E-state index is 0.121. The van der Waals surface area contributed by atoms with Gasteiger partial charge in [0.25, 0.3) is 0 Å². The van der Waals surface area contributed by atoms with E-state index in [9.17, 15) is 9.59 Å². The van der Waals surface area contributed by atoms with Gasteiger partial charge in [0, 0.05) is 6.42 Å². The summed E-state index contributed by atoms with van der Waals surface area (Å²) in [5, 5.41) is 8.94. The molecule has 1 unspecified atom stereocenters. The van der Waals surface area contributed by atoms with Gasteiger partial charge in [-0.1, -0.05) is 76.9 Å². The first-order chi connectivity index (χ1) is 10.6. The van der Waals surface area contributed by atoms with Gasteiger partial charge < -0.3 is 10.8 Å². The Morgan fingerprint density at radius 3 is 1.91 bits per heavy atom. The lowest BCUT2D eigenvalue weighted by Crippen LogP contribution is -2.20. The van der Waals surface area contributed by atoms with Crippen molar-refractivity contribution in [1.29, 1.82) is 0 Å². The Morgan fingerprint density at radius 1 is 0.955 bits per heavy atom. The molecule has 0 rings (SSSR count). The lowest BCUT2D eigenvalue weighted by Gasteiger charge is -2.04. The van der Waals surface area contributed by atoms with Crippen molar-refractivity contribution in [2.45, 2.75) is 84.0 Å². The highest BCUT2D eigenvalue weighted by atomic mass is 16.4. The first-order valence-electron chi connectivity index (χ1n) is 8.75. The van der Waals surface area contributed by atoms with E-state index in [-0.39, 0.29) is 6.42 Å². The molecule has 0 aromatic heterocycles. The highest BCUT2D eigenvalue weighted by Gasteiger charge is 2.15. The zero-order valence-electron chi connectivity index (χ0n) is 14.1. The van der Waals surface area contributed by atoms with Gasteiger partial charge in [0.15, 0.2) is 0 Å². The molecule has 0 aliphatic carbocycles. The molecular weight excluding hydrogens is 278 g/mol. The van der Waals surface area contributed by atoms with Crippen molar-refractivity contribution in [3.8, 4) is 0 Å². The molecule has 0 radical (unpaired) electrons. The van der Waals surface area contributed by atoms with Gasteiger partial charge in [-0.3, -0.25) is 9.59 Å². The lowest BCUT2D eigenvalue weighted by atomic mass is 10.0. The Balaban J connectivity index is 3.49. The van der Waals surface area contributed by atoms with Crippen molar-refractivity contribution >= 4 is 11.9 Å². The van der Waals surface area contributed by atoms with E-state index in [1.54, 1.807) is 6.08 Å². The number of primary amides is 1. The van der Waals surface area contributed by atoms with Crippen molar-refractivity contribution < 1.29 is 14.7 Å². The predicted octanol–water partition coefficient (Wildman–Crippen LogP) is 4.43. The standard InChI is InChI=1S/C18H33NO3/c1-2-3-4-5-6-7-8-9-10-11-12-13-14-16(18(21)22)15-17(19)20/h13-14,16H,2-12,15H2,1H3,(H2,19,20)(H,21,22)/b14-13+. The summed E-state index contributed by atoms with van der Waals surface area (Å²) in [6, 6.07) is 0. The van der Waals surface area contributed by atoms with E-state index >= 15 is 0 Å². The summed E-state index contributed by atoms with van der Waals surface area (Å²) in [6.45, 7) is 2.24. The Morgan fingerprint density at radius 2 is 1.45 bits per heavy atom. The van der Waals surface area contributed by atoms with Gasteiger partial charge in [0.1, 0.15) is 0 Å². The third-order valence-corrected chi connectivity index (χ3v) is 3.83. The number of allylic oxidation sites excluding steroid dienone is 1. The maximum atomic E-state index is 10.9. The number of carbonyl (C=O) groups is 2. The van der Waals surface area contributed by atoms with Crippen LogP contribution in [0, 0.1) is 5.92 Å². The summed E-state index contributed by atoms with van der Waals surface area (Å²) < 4.78 is 0. The van der Waals surface area contributed by atoms with Gasteiger partial charge in [-0.05, 0) is 12.8 Å². The number of aliphatic carboxylic acids is 1. The molecule has 1 amide bonds. The molecule has 0 aromatic rings. The van der Waals surface area contributed by atoms with Crippen LogP contribution in [0.3, 0.4) is 0 Å². The van der Waals surface area contributed by atoms with Crippen LogP contribution < -0.4 is 5.73 Å². The smallest absolute Gasteiger partial charge is 0.310 e. The number of hydrogen-bond donors (Lipinski definition) is 2. The average molecular weight is 311 g/mol. The van der Waals surface area contributed by atoms with Crippen LogP contribution in [-0.4, -0.2) is 17.0 Å². The number of carboxylic acid groups (broad SMARTS) is 1. The Hall–Kier alpha value is -1.32. The second kappa shape index (κ2) is 14.6. The fourth-order valence-corrected chi connectivity index (χ4v) is 2.46. The van der Waals surface area contributed by atoms with Crippen LogP contribution >= 0.6 is 0 Å². The molecule has 128 valence electrons. The molecule has 0 aliphatic heterocycles. The molecule has 0 bridgehead atoms. The van der Waals surface area contributed by atoms with Crippen LogP contribution in [-0.2, 0) is 9.59 Å². The van der Waals surface area contributed by atoms with Crippen molar-refractivity contribution in [2.75, 3.05) is 0 Å². The van der Waals surface area contributed by atoms with Gasteiger partial charge in [0.05, 0.1) is 5.92 Å². The zero-order valence-corrected chi connectivity index (χ0v) is 14.1. The summed E-state index contributed by atoms with van der Waals surface area (Å²) in [4.78, 5) is 21.7. The number of carbonyl (C=O) groups excluding carboxylic acids is 1. The summed E-state index contributed by atoms with van der Waals surface area (Å²) in [5.74, 6) is -2.34. The molecule has 4 nitrogen and oxygen atoms in total. The number of nitrogens with two attached hydrogens (primary N) is 1. The van der Waals surface area contributed by atoms with Gasteiger partial charge in [0.2, 0.25) is 5.91 Å². The first-order valence-corrected chi connectivity index (χ1v) is 8.75. The number of unbranched alkanes of at least 4 members (excludes halogenated alkanes) is 10. The zero-order chi connectivity index (χ0) is 16.6. The lowest BCUT2D eigenvalue weighted by molar-refractivity contribution is -0.141. The van der Waals surface area contributed by atoms with Crippen LogP contribution in [0.5, 0.6) is 0 Å². The van der Waals surface area contributed by atoms with E-state index in [2.05, 4.69) is 6.92 Å². The highest BCUT2D eigenvalue weighted by molar-refractivity contribution is 5.82. The minimum Gasteiger partial charge on any atom is -0.481 e. The van der Waals surface area contributed by atoms with Crippen LogP contribution in [0.4, 0.5) is 0 Å². The second-order valence-electron chi connectivity index (χ2n) is 6.01. The monoisotopic (exact) mass is 311 g/mol. The van der Waals surface area contributed by atoms with Gasteiger partial charge >= 0.3 is 5.97 Å². The van der Waals surface area contributed by atoms with Gasteiger partial charge in [-0.2, -0.15) is 0 Å². The molecule has 0 saturated heterocycles.